The summed E-state index contributed by atoms with van der Waals surface area (Å²) < 4.78 is 28.0. The maximum absolute atomic E-state index is 11.4. The molecule has 0 aromatic carbocycles. The molecule has 114 valence electrons. The Morgan fingerprint density at radius 1 is 1.20 bits per heavy atom. The number of nitrogens with two attached hydrogens (primary N) is 1. The van der Waals surface area contributed by atoms with Crippen LogP contribution in [0.3, 0.4) is 0 Å². The van der Waals surface area contributed by atoms with E-state index in [2.05, 4.69) is 25.7 Å². The third kappa shape index (κ3) is 5.53. The number of hydrazine groups is 1. The summed E-state index contributed by atoms with van der Waals surface area (Å²) in [4.78, 5) is 11.9. The van der Waals surface area contributed by atoms with Crippen LogP contribution < -0.4 is 21.3 Å². The van der Waals surface area contributed by atoms with Gasteiger partial charge in [0.15, 0.2) is 9.84 Å². The molecule has 0 aliphatic heterocycles. The lowest BCUT2D eigenvalue weighted by Gasteiger charge is -2.08. The molecule has 9 nitrogen and oxygen atoms in total. The summed E-state index contributed by atoms with van der Waals surface area (Å²) >= 11 is 0. The molecule has 0 radical (unpaired) electrons. The number of sulfone groups is 1. The average molecular weight is 304 g/mol. The highest BCUT2D eigenvalue weighted by molar-refractivity contribution is 7.91. The summed E-state index contributed by atoms with van der Waals surface area (Å²) in [5, 5.41) is 2.81. The first-order chi connectivity index (χ1) is 9.50. The molecule has 0 saturated heterocycles. The second-order valence-corrected chi connectivity index (χ2v) is 6.39. The summed E-state index contributed by atoms with van der Waals surface area (Å²) in [6.45, 7) is 4.23. The van der Waals surface area contributed by atoms with Gasteiger partial charge in [-0.05, 0) is 6.42 Å². The minimum absolute atomic E-state index is 0.00567. The maximum Gasteiger partial charge on any atom is 0.323 e. The SMILES string of the molecule is CCCOc1nc(NN)nc(NCCS(=O)(=O)CC)n1. The monoisotopic (exact) mass is 304 g/mol. The predicted molar refractivity (Wildman–Crippen MR) is 76.2 cm³/mol. The summed E-state index contributed by atoms with van der Waals surface area (Å²) in [5.41, 5.74) is 2.30. The van der Waals surface area contributed by atoms with Crippen molar-refractivity contribution in [3.05, 3.63) is 0 Å². The molecular formula is C10H20N6O3S. The van der Waals surface area contributed by atoms with E-state index in [1.54, 1.807) is 6.92 Å². The van der Waals surface area contributed by atoms with Gasteiger partial charge in [0.1, 0.15) is 0 Å². The van der Waals surface area contributed by atoms with Crippen molar-refractivity contribution in [1.82, 2.24) is 15.0 Å². The summed E-state index contributed by atoms with van der Waals surface area (Å²) in [6, 6.07) is 0.135. The second-order valence-electron chi connectivity index (χ2n) is 3.92. The molecule has 0 unspecified atom stereocenters. The zero-order chi connectivity index (χ0) is 15.0. The highest BCUT2D eigenvalue weighted by Gasteiger charge is 2.09. The highest BCUT2D eigenvalue weighted by Crippen LogP contribution is 2.10. The normalized spacial score (nSPS) is 11.2. The van der Waals surface area contributed by atoms with E-state index in [-0.39, 0.29) is 36.0 Å². The van der Waals surface area contributed by atoms with E-state index in [4.69, 9.17) is 10.6 Å². The molecule has 0 amide bonds. The van der Waals surface area contributed by atoms with Crippen molar-refractivity contribution >= 4 is 21.7 Å². The average Bonchev–Trinajstić information content (AvgIpc) is 2.44. The van der Waals surface area contributed by atoms with Gasteiger partial charge in [0.2, 0.25) is 11.9 Å². The van der Waals surface area contributed by atoms with Crippen molar-refractivity contribution in [2.45, 2.75) is 20.3 Å². The van der Waals surface area contributed by atoms with Crippen LogP contribution in [0.2, 0.25) is 0 Å². The summed E-state index contributed by atoms with van der Waals surface area (Å²) in [5.74, 6) is 5.72. The molecule has 1 aromatic heterocycles. The lowest BCUT2D eigenvalue weighted by Crippen LogP contribution is -2.19. The molecule has 1 aromatic rings. The second kappa shape index (κ2) is 7.80. The largest absolute Gasteiger partial charge is 0.463 e. The molecule has 0 atom stereocenters. The van der Waals surface area contributed by atoms with Gasteiger partial charge >= 0.3 is 6.01 Å². The Kier molecular flexibility index (Phi) is 6.39. The summed E-state index contributed by atoms with van der Waals surface area (Å²) in [7, 11) is -3.03. The summed E-state index contributed by atoms with van der Waals surface area (Å²) in [6.07, 6.45) is 0.814. The topological polar surface area (TPSA) is 132 Å². The molecule has 1 heterocycles. The Morgan fingerprint density at radius 3 is 2.50 bits per heavy atom. The fourth-order valence-corrected chi connectivity index (χ4v) is 1.92. The van der Waals surface area contributed by atoms with Gasteiger partial charge in [0.25, 0.3) is 0 Å². The third-order valence-electron chi connectivity index (χ3n) is 2.32. The van der Waals surface area contributed by atoms with E-state index in [0.29, 0.717) is 6.61 Å². The number of hydrogen-bond donors (Lipinski definition) is 3. The van der Waals surface area contributed by atoms with Gasteiger partial charge in [0.05, 0.1) is 12.4 Å². The first-order valence-corrected chi connectivity index (χ1v) is 8.12. The number of nitrogens with zero attached hydrogens (tertiary/aromatic N) is 3. The Hall–Kier alpha value is -1.68. The van der Waals surface area contributed by atoms with Gasteiger partial charge in [-0.1, -0.05) is 13.8 Å². The van der Waals surface area contributed by atoms with E-state index in [9.17, 15) is 8.42 Å². The van der Waals surface area contributed by atoms with Gasteiger partial charge in [-0.2, -0.15) is 15.0 Å². The Balaban J connectivity index is 2.68. The Morgan fingerprint density at radius 2 is 1.90 bits per heavy atom. The fraction of sp³-hybridized carbons (Fsp3) is 0.700. The van der Waals surface area contributed by atoms with Crippen molar-refractivity contribution in [3.8, 4) is 6.01 Å². The van der Waals surface area contributed by atoms with E-state index >= 15 is 0 Å². The number of ether oxygens (including phenoxy) is 1. The lowest BCUT2D eigenvalue weighted by atomic mass is 10.5. The predicted octanol–water partition coefficient (Wildman–Crippen LogP) is -0.207. The van der Waals surface area contributed by atoms with Crippen LogP contribution in [0.1, 0.15) is 20.3 Å². The molecule has 4 N–H and O–H groups in total. The smallest absolute Gasteiger partial charge is 0.323 e. The first-order valence-electron chi connectivity index (χ1n) is 6.30. The molecule has 1 rings (SSSR count). The van der Waals surface area contributed by atoms with Gasteiger partial charge < -0.3 is 10.1 Å². The van der Waals surface area contributed by atoms with Gasteiger partial charge in [-0.15, -0.1) is 0 Å². The van der Waals surface area contributed by atoms with Crippen LogP contribution in [0, 0.1) is 0 Å². The zero-order valence-electron chi connectivity index (χ0n) is 11.6. The minimum atomic E-state index is -3.03. The van der Waals surface area contributed by atoms with E-state index in [1.165, 1.54) is 0 Å². The van der Waals surface area contributed by atoms with Gasteiger partial charge in [-0.25, -0.2) is 14.3 Å². The molecule has 0 spiro atoms. The third-order valence-corrected chi connectivity index (χ3v) is 4.02. The van der Waals surface area contributed by atoms with Crippen molar-refractivity contribution in [2.75, 3.05) is 35.4 Å². The first kappa shape index (κ1) is 16.4. The van der Waals surface area contributed by atoms with Crippen molar-refractivity contribution in [1.29, 1.82) is 0 Å². The van der Waals surface area contributed by atoms with Crippen LogP contribution in [0.15, 0.2) is 0 Å². The quantitative estimate of drug-likeness (QED) is 0.418. The van der Waals surface area contributed by atoms with Crippen LogP contribution >= 0.6 is 0 Å². The van der Waals surface area contributed by atoms with Gasteiger partial charge in [0, 0.05) is 12.3 Å². The van der Waals surface area contributed by atoms with E-state index in [0.717, 1.165) is 6.42 Å². The Bertz CT molecular complexity index is 522. The van der Waals surface area contributed by atoms with Gasteiger partial charge in [-0.3, -0.25) is 5.43 Å². The van der Waals surface area contributed by atoms with E-state index in [1.807, 2.05) is 6.92 Å². The number of aromatic nitrogens is 3. The van der Waals surface area contributed by atoms with Crippen LogP contribution in [0.25, 0.3) is 0 Å². The lowest BCUT2D eigenvalue weighted by molar-refractivity contribution is 0.292. The molecule has 0 bridgehead atoms. The van der Waals surface area contributed by atoms with Crippen LogP contribution in [-0.4, -0.2) is 48.0 Å². The highest BCUT2D eigenvalue weighted by atomic mass is 32.2. The van der Waals surface area contributed by atoms with E-state index < -0.39 is 9.84 Å². The zero-order valence-corrected chi connectivity index (χ0v) is 12.4. The molecule has 0 saturated carbocycles. The van der Waals surface area contributed by atoms with Crippen LogP contribution in [0.5, 0.6) is 6.01 Å². The molecule has 0 aliphatic rings. The fourth-order valence-electron chi connectivity index (χ4n) is 1.22. The number of anilines is 2. The van der Waals surface area contributed by atoms with Crippen LogP contribution in [0.4, 0.5) is 11.9 Å². The maximum atomic E-state index is 11.4. The molecule has 10 heteroatoms. The molecule has 0 aliphatic carbocycles. The molecular weight excluding hydrogens is 284 g/mol. The Labute approximate surface area is 118 Å². The molecule has 0 fully saturated rings. The minimum Gasteiger partial charge on any atom is -0.463 e. The standard InChI is InChI=1S/C10H20N6O3S/c1-3-6-19-10-14-8(13-9(15-10)16-11)12-5-7-20(17,18)4-2/h3-7,11H2,1-2H3,(H2,12,13,14,15,16). The van der Waals surface area contributed by atoms with Crippen molar-refractivity contribution in [2.24, 2.45) is 5.84 Å². The number of rotatable bonds is 9. The van der Waals surface area contributed by atoms with Crippen molar-refractivity contribution in [3.63, 3.8) is 0 Å². The number of nitrogen functional groups attached to an aromatic ring is 1. The number of nitrogens with one attached hydrogen (secondary N) is 2. The van der Waals surface area contributed by atoms with Crippen LogP contribution in [-0.2, 0) is 9.84 Å². The number of hydrogen-bond acceptors (Lipinski definition) is 9. The van der Waals surface area contributed by atoms with Crippen molar-refractivity contribution < 1.29 is 13.2 Å². The molecule has 20 heavy (non-hydrogen) atoms.